The zero-order valence-electron chi connectivity index (χ0n) is 12.4. The van der Waals surface area contributed by atoms with Crippen molar-refractivity contribution in [2.45, 2.75) is 39.7 Å². The molecule has 0 heterocycles. The molecule has 1 amide bonds. The van der Waals surface area contributed by atoms with Crippen LogP contribution >= 0.6 is 0 Å². The van der Waals surface area contributed by atoms with Crippen molar-refractivity contribution in [1.82, 2.24) is 5.32 Å². The molecule has 0 radical (unpaired) electrons. The van der Waals surface area contributed by atoms with E-state index in [1.54, 1.807) is 24.3 Å². The van der Waals surface area contributed by atoms with Crippen molar-refractivity contribution in [2.24, 2.45) is 5.92 Å². The molecule has 1 unspecified atom stereocenters. The van der Waals surface area contributed by atoms with Crippen LogP contribution in [0.5, 0.6) is 5.75 Å². The standard InChI is InChI=1S/C16H23NO3/c1-12(2)8-9-13(3)17-16(19)11-20-15-7-5-4-6-14(15)10-18/h4-7,10,12-13H,8-9,11H2,1-3H3,(H,17,19). The molecule has 0 aliphatic carbocycles. The molecule has 1 aromatic rings. The lowest BCUT2D eigenvalue weighted by atomic mass is 10.0. The predicted molar refractivity (Wildman–Crippen MR) is 79.0 cm³/mol. The van der Waals surface area contributed by atoms with E-state index in [-0.39, 0.29) is 18.6 Å². The summed E-state index contributed by atoms with van der Waals surface area (Å²) < 4.78 is 5.37. The van der Waals surface area contributed by atoms with Gasteiger partial charge in [0.1, 0.15) is 5.75 Å². The number of rotatable bonds is 8. The van der Waals surface area contributed by atoms with Gasteiger partial charge >= 0.3 is 0 Å². The number of hydrogen-bond donors (Lipinski definition) is 1. The van der Waals surface area contributed by atoms with Crippen LogP contribution in [0.4, 0.5) is 0 Å². The molecule has 0 fully saturated rings. The van der Waals surface area contributed by atoms with Crippen molar-refractivity contribution in [2.75, 3.05) is 6.61 Å². The molecule has 0 bridgehead atoms. The van der Waals surface area contributed by atoms with E-state index in [0.717, 1.165) is 19.1 Å². The van der Waals surface area contributed by atoms with Gasteiger partial charge in [0.05, 0.1) is 5.56 Å². The maximum absolute atomic E-state index is 11.7. The van der Waals surface area contributed by atoms with Crippen LogP contribution in [-0.2, 0) is 4.79 Å². The van der Waals surface area contributed by atoms with E-state index in [1.165, 1.54) is 0 Å². The van der Waals surface area contributed by atoms with E-state index in [0.29, 0.717) is 17.2 Å². The Kier molecular flexibility index (Phi) is 6.77. The van der Waals surface area contributed by atoms with Crippen LogP contribution in [0.2, 0.25) is 0 Å². The number of carbonyl (C=O) groups excluding carboxylic acids is 2. The van der Waals surface area contributed by atoms with Gasteiger partial charge in [-0.05, 0) is 37.8 Å². The van der Waals surface area contributed by atoms with E-state index < -0.39 is 0 Å². The first-order valence-electron chi connectivity index (χ1n) is 6.99. The Morgan fingerprint density at radius 2 is 1.95 bits per heavy atom. The molecule has 0 saturated heterocycles. The third-order valence-electron chi connectivity index (χ3n) is 2.99. The SMILES string of the molecule is CC(C)CCC(C)NC(=O)COc1ccccc1C=O. The molecule has 20 heavy (non-hydrogen) atoms. The largest absolute Gasteiger partial charge is 0.483 e. The predicted octanol–water partition coefficient (Wildman–Crippen LogP) is 2.82. The number of ether oxygens (including phenoxy) is 1. The Bertz CT molecular complexity index is 443. The summed E-state index contributed by atoms with van der Waals surface area (Å²) >= 11 is 0. The lowest BCUT2D eigenvalue weighted by Gasteiger charge is -2.15. The first-order chi connectivity index (χ1) is 9.52. The van der Waals surface area contributed by atoms with Crippen molar-refractivity contribution < 1.29 is 14.3 Å². The Morgan fingerprint density at radius 1 is 1.25 bits per heavy atom. The molecule has 0 aliphatic rings. The topological polar surface area (TPSA) is 55.4 Å². The highest BCUT2D eigenvalue weighted by molar-refractivity contribution is 5.80. The van der Waals surface area contributed by atoms with Crippen molar-refractivity contribution in [3.63, 3.8) is 0 Å². The molecule has 0 spiro atoms. The molecular weight excluding hydrogens is 254 g/mol. The maximum Gasteiger partial charge on any atom is 0.258 e. The monoisotopic (exact) mass is 277 g/mol. The van der Waals surface area contributed by atoms with Crippen LogP contribution in [0.15, 0.2) is 24.3 Å². The molecule has 1 rings (SSSR count). The highest BCUT2D eigenvalue weighted by Crippen LogP contribution is 2.15. The summed E-state index contributed by atoms with van der Waals surface area (Å²) in [5.41, 5.74) is 0.452. The molecule has 0 aromatic heterocycles. The number of para-hydroxylation sites is 1. The average Bonchev–Trinajstić information content (AvgIpc) is 2.43. The Labute approximate surface area is 120 Å². The number of aldehydes is 1. The summed E-state index contributed by atoms with van der Waals surface area (Å²) in [7, 11) is 0. The van der Waals surface area contributed by atoms with Gasteiger partial charge in [-0.25, -0.2) is 0 Å². The van der Waals surface area contributed by atoms with E-state index >= 15 is 0 Å². The van der Waals surface area contributed by atoms with Crippen molar-refractivity contribution >= 4 is 12.2 Å². The van der Waals surface area contributed by atoms with Gasteiger partial charge in [-0.2, -0.15) is 0 Å². The molecule has 0 saturated carbocycles. The van der Waals surface area contributed by atoms with E-state index in [2.05, 4.69) is 19.2 Å². The van der Waals surface area contributed by atoms with Gasteiger partial charge in [0.2, 0.25) is 0 Å². The van der Waals surface area contributed by atoms with Crippen LogP contribution in [0.25, 0.3) is 0 Å². The van der Waals surface area contributed by atoms with Gasteiger partial charge in [0.15, 0.2) is 12.9 Å². The van der Waals surface area contributed by atoms with Gasteiger partial charge < -0.3 is 10.1 Å². The number of benzene rings is 1. The lowest BCUT2D eigenvalue weighted by molar-refractivity contribution is -0.123. The zero-order chi connectivity index (χ0) is 15.0. The van der Waals surface area contributed by atoms with Gasteiger partial charge in [-0.3, -0.25) is 9.59 Å². The average molecular weight is 277 g/mol. The van der Waals surface area contributed by atoms with E-state index in [9.17, 15) is 9.59 Å². The quantitative estimate of drug-likeness (QED) is 0.743. The van der Waals surface area contributed by atoms with E-state index in [4.69, 9.17) is 4.74 Å². The smallest absolute Gasteiger partial charge is 0.258 e. The summed E-state index contributed by atoms with van der Waals surface area (Å²) in [5.74, 6) is 0.902. The molecule has 1 atom stereocenters. The second-order valence-electron chi connectivity index (χ2n) is 5.38. The third kappa shape index (κ3) is 5.87. The third-order valence-corrected chi connectivity index (χ3v) is 2.99. The Morgan fingerprint density at radius 3 is 2.60 bits per heavy atom. The highest BCUT2D eigenvalue weighted by Gasteiger charge is 2.10. The van der Waals surface area contributed by atoms with Crippen molar-refractivity contribution in [3.05, 3.63) is 29.8 Å². The summed E-state index contributed by atoms with van der Waals surface area (Å²) in [6.07, 6.45) is 2.75. The van der Waals surface area contributed by atoms with Gasteiger partial charge in [-0.15, -0.1) is 0 Å². The summed E-state index contributed by atoms with van der Waals surface area (Å²) in [6, 6.07) is 7.00. The molecule has 110 valence electrons. The summed E-state index contributed by atoms with van der Waals surface area (Å²) in [5, 5.41) is 2.89. The minimum Gasteiger partial charge on any atom is -0.483 e. The first kappa shape index (κ1) is 16.2. The van der Waals surface area contributed by atoms with Crippen LogP contribution in [0, 0.1) is 5.92 Å². The zero-order valence-corrected chi connectivity index (χ0v) is 12.4. The molecule has 4 nitrogen and oxygen atoms in total. The number of nitrogens with one attached hydrogen (secondary N) is 1. The fourth-order valence-electron chi connectivity index (χ4n) is 1.82. The van der Waals surface area contributed by atoms with Crippen molar-refractivity contribution in [1.29, 1.82) is 0 Å². The Hall–Kier alpha value is -1.84. The fraction of sp³-hybridized carbons (Fsp3) is 0.500. The number of hydrogen-bond acceptors (Lipinski definition) is 3. The second kappa shape index (κ2) is 8.35. The van der Waals surface area contributed by atoms with E-state index in [1.807, 2.05) is 6.92 Å². The molecular formula is C16H23NO3. The van der Waals surface area contributed by atoms with Crippen molar-refractivity contribution in [3.8, 4) is 5.75 Å². The summed E-state index contributed by atoms with van der Waals surface area (Å²) in [4.78, 5) is 22.6. The van der Waals surface area contributed by atoms with Gasteiger partial charge in [0.25, 0.3) is 5.91 Å². The summed E-state index contributed by atoms with van der Waals surface area (Å²) in [6.45, 7) is 6.23. The Balaban J connectivity index is 2.37. The highest BCUT2D eigenvalue weighted by atomic mass is 16.5. The van der Waals surface area contributed by atoms with Crippen LogP contribution < -0.4 is 10.1 Å². The second-order valence-corrected chi connectivity index (χ2v) is 5.38. The molecule has 0 aliphatic heterocycles. The minimum absolute atomic E-state index is 0.0725. The molecule has 1 N–H and O–H groups in total. The fourth-order valence-corrected chi connectivity index (χ4v) is 1.82. The van der Waals surface area contributed by atoms with Gasteiger partial charge in [0, 0.05) is 6.04 Å². The lowest BCUT2D eigenvalue weighted by Crippen LogP contribution is -2.36. The van der Waals surface area contributed by atoms with Gasteiger partial charge in [-0.1, -0.05) is 26.0 Å². The molecule has 1 aromatic carbocycles. The van der Waals surface area contributed by atoms with Crippen LogP contribution in [-0.4, -0.2) is 24.8 Å². The van der Waals surface area contributed by atoms with Crippen LogP contribution in [0.3, 0.4) is 0 Å². The normalized spacial score (nSPS) is 12.0. The number of amides is 1. The minimum atomic E-state index is -0.165. The maximum atomic E-state index is 11.7. The van der Waals surface area contributed by atoms with Crippen LogP contribution in [0.1, 0.15) is 44.0 Å². The molecule has 4 heteroatoms. The first-order valence-corrected chi connectivity index (χ1v) is 6.99. The number of carbonyl (C=O) groups is 2.